The molecule has 102 valence electrons. The topological polar surface area (TPSA) is 33.2 Å². The fourth-order valence-electron chi connectivity index (χ4n) is 2.24. The summed E-state index contributed by atoms with van der Waals surface area (Å²) < 4.78 is 13.0. The summed E-state index contributed by atoms with van der Waals surface area (Å²) in [6.45, 7) is 1.89. The standard InChI is InChI=1S/C15H13FN2OS/c1-10-14(19)18(13-6-4-12(16)5-7-13)15(20-10)11-3-2-8-17-9-11/h2-10,15H,1H3. The molecule has 0 aliphatic carbocycles. The molecule has 2 heterocycles. The van der Waals surface area contributed by atoms with Crippen molar-refractivity contribution in [3.8, 4) is 0 Å². The van der Waals surface area contributed by atoms with Gasteiger partial charge in [0.25, 0.3) is 0 Å². The van der Waals surface area contributed by atoms with Crippen LogP contribution >= 0.6 is 11.8 Å². The number of pyridine rings is 1. The van der Waals surface area contributed by atoms with Gasteiger partial charge in [0, 0.05) is 23.6 Å². The number of benzene rings is 1. The lowest BCUT2D eigenvalue weighted by Gasteiger charge is -2.24. The third-order valence-corrected chi connectivity index (χ3v) is 4.58. The fraction of sp³-hybridized carbons (Fsp3) is 0.200. The van der Waals surface area contributed by atoms with Crippen LogP contribution in [0.15, 0.2) is 48.8 Å². The van der Waals surface area contributed by atoms with Crippen molar-refractivity contribution in [1.82, 2.24) is 4.98 Å². The van der Waals surface area contributed by atoms with Gasteiger partial charge in [-0.05, 0) is 37.3 Å². The second kappa shape index (κ2) is 5.25. The quantitative estimate of drug-likeness (QED) is 0.849. The third kappa shape index (κ3) is 2.29. The SMILES string of the molecule is CC1SC(c2cccnc2)N(c2ccc(F)cc2)C1=O. The number of carbonyl (C=O) groups is 1. The van der Waals surface area contributed by atoms with Gasteiger partial charge in [0.15, 0.2) is 0 Å². The van der Waals surface area contributed by atoms with Crippen molar-refractivity contribution in [3.05, 3.63) is 60.2 Å². The molecule has 1 saturated heterocycles. The molecule has 0 spiro atoms. The first-order valence-corrected chi connectivity index (χ1v) is 7.25. The summed E-state index contributed by atoms with van der Waals surface area (Å²) in [5, 5.41) is -0.234. The molecular weight excluding hydrogens is 275 g/mol. The zero-order chi connectivity index (χ0) is 14.1. The predicted octanol–water partition coefficient (Wildman–Crippen LogP) is 3.39. The molecule has 2 aromatic rings. The normalized spacial score (nSPS) is 22.3. The molecule has 0 bridgehead atoms. The summed E-state index contributed by atoms with van der Waals surface area (Å²) in [5.74, 6) is -0.269. The Labute approximate surface area is 120 Å². The number of anilines is 1. The number of nitrogens with zero attached hydrogens (tertiary/aromatic N) is 2. The Morgan fingerprint density at radius 2 is 2.00 bits per heavy atom. The molecule has 3 nitrogen and oxygen atoms in total. The largest absolute Gasteiger partial charge is 0.295 e. The van der Waals surface area contributed by atoms with Crippen molar-refractivity contribution in [2.75, 3.05) is 4.90 Å². The molecule has 5 heteroatoms. The fourth-order valence-corrected chi connectivity index (χ4v) is 3.50. The third-order valence-electron chi connectivity index (χ3n) is 3.23. The summed E-state index contributed by atoms with van der Waals surface area (Å²) >= 11 is 1.58. The highest BCUT2D eigenvalue weighted by molar-refractivity contribution is 8.01. The maximum absolute atomic E-state index is 13.0. The van der Waals surface area contributed by atoms with Crippen LogP contribution in [0.5, 0.6) is 0 Å². The first-order chi connectivity index (χ1) is 9.66. The van der Waals surface area contributed by atoms with E-state index in [-0.39, 0.29) is 22.3 Å². The summed E-state index contributed by atoms with van der Waals surface area (Å²) in [4.78, 5) is 18.2. The molecule has 2 atom stereocenters. The van der Waals surface area contributed by atoms with Crippen LogP contribution in [0, 0.1) is 5.82 Å². The first kappa shape index (κ1) is 13.1. The lowest BCUT2D eigenvalue weighted by Crippen LogP contribution is -2.30. The van der Waals surface area contributed by atoms with Crippen molar-refractivity contribution >= 4 is 23.4 Å². The number of thioether (sulfide) groups is 1. The number of halogens is 1. The molecule has 0 N–H and O–H groups in total. The molecule has 1 aromatic carbocycles. The van der Waals surface area contributed by atoms with Gasteiger partial charge < -0.3 is 0 Å². The van der Waals surface area contributed by atoms with Crippen LogP contribution in [-0.4, -0.2) is 16.1 Å². The average Bonchev–Trinajstić information content (AvgIpc) is 2.77. The first-order valence-electron chi connectivity index (χ1n) is 6.31. The lowest BCUT2D eigenvalue weighted by atomic mass is 10.2. The summed E-state index contributed by atoms with van der Waals surface area (Å²) in [7, 11) is 0. The Hall–Kier alpha value is -1.88. The van der Waals surface area contributed by atoms with E-state index in [9.17, 15) is 9.18 Å². The van der Waals surface area contributed by atoms with E-state index in [1.807, 2.05) is 19.1 Å². The average molecular weight is 288 g/mol. The second-order valence-corrected chi connectivity index (χ2v) is 6.03. The van der Waals surface area contributed by atoms with Gasteiger partial charge >= 0.3 is 0 Å². The van der Waals surface area contributed by atoms with Gasteiger partial charge in [0.1, 0.15) is 11.2 Å². The van der Waals surface area contributed by atoms with E-state index in [0.29, 0.717) is 5.69 Å². The Kier molecular flexibility index (Phi) is 3.44. The van der Waals surface area contributed by atoms with E-state index in [0.717, 1.165) is 5.56 Å². The zero-order valence-electron chi connectivity index (χ0n) is 10.9. The van der Waals surface area contributed by atoms with Gasteiger partial charge in [-0.25, -0.2) is 4.39 Å². The molecule has 2 unspecified atom stereocenters. The Morgan fingerprint density at radius 1 is 1.25 bits per heavy atom. The van der Waals surface area contributed by atoms with Crippen LogP contribution in [-0.2, 0) is 4.79 Å². The number of hydrogen-bond donors (Lipinski definition) is 0. The summed E-state index contributed by atoms with van der Waals surface area (Å²) in [6.07, 6.45) is 3.47. The number of carbonyl (C=O) groups excluding carboxylic acids is 1. The molecule has 1 aromatic heterocycles. The molecule has 20 heavy (non-hydrogen) atoms. The Bertz CT molecular complexity index is 618. The molecule has 0 radical (unpaired) electrons. The maximum atomic E-state index is 13.0. The van der Waals surface area contributed by atoms with E-state index >= 15 is 0 Å². The Morgan fingerprint density at radius 3 is 2.65 bits per heavy atom. The van der Waals surface area contributed by atoms with Crippen LogP contribution in [0.2, 0.25) is 0 Å². The summed E-state index contributed by atoms with van der Waals surface area (Å²) in [5.41, 5.74) is 1.68. The lowest BCUT2D eigenvalue weighted by molar-refractivity contribution is -0.117. The molecule has 0 saturated carbocycles. The zero-order valence-corrected chi connectivity index (χ0v) is 11.7. The van der Waals surface area contributed by atoms with E-state index < -0.39 is 0 Å². The predicted molar refractivity (Wildman–Crippen MR) is 77.9 cm³/mol. The number of aromatic nitrogens is 1. The van der Waals surface area contributed by atoms with E-state index in [1.54, 1.807) is 41.2 Å². The highest BCUT2D eigenvalue weighted by Gasteiger charge is 2.39. The van der Waals surface area contributed by atoms with Gasteiger partial charge in [0.05, 0.1) is 5.25 Å². The summed E-state index contributed by atoms with van der Waals surface area (Å²) in [6, 6.07) is 9.82. The molecule has 1 aliphatic heterocycles. The smallest absolute Gasteiger partial charge is 0.241 e. The molecule has 1 amide bonds. The van der Waals surface area contributed by atoms with Gasteiger partial charge in [-0.2, -0.15) is 0 Å². The van der Waals surface area contributed by atoms with E-state index in [2.05, 4.69) is 4.98 Å². The molecule has 3 rings (SSSR count). The highest BCUT2D eigenvalue weighted by Crippen LogP contribution is 2.45. The number of amides is 1. The van der Waals surface area contributed by atoms with Crippen molar-refractivity contribution in [2.24, 2.45) is 0 Å². The minimum atomic E-state index is -0.306. The second-order valence-electron chi connectivity index (χ2n) is 4.60. The van der Waals surface area contributed by atoms with Gasteiger partial charge in [-0.3, -0.25) is 14.7 Å². The maximum Gasteiger partial charge on any atom is 0.241 e. The Balaban J connectivity index is 2.01. The number of hydrogen-bond acceptors (Lipinski definition) is 3. The van der Waals surface area contributed by atoms with Crippen LogP contribution in [0.1, 0.15) is 17.9 Å². The van der Waals surface area contributed by atoms with Crippen molar-refractivity contribution in [1.29, 1.82) is 0 Å². The van der Waals surface area contributed by atoms with Crippen LogP contribution < -0.4 is 4.90 Å². The highest BCUT2D eigenvalue weighted by atomic mass is 32.2. The van der Waals surface area contributed by atoms with Crippen LogP contribution in [0.25, 0.3) is 0 Å². The molecule has 1 fully saturated rings. The molecular formula is C15H13FN2OS. The minimum Gasteiger partial charge on any atom is -0.295 e. The number of rotatable bonds is 2. The monoisotopic (exact) mass is 288 g/mol. The van der Waals surface area contributed by atoms with Gasteiger partial charge in [0.2, 0.25) is 5.91 Å². The van der Waals surface area contributed by atoms with E-state index in [4.69, 9.17) is 0 Å². The van der Waals surface area contributed by atoms with Crippen LogP contribution in [0.4, 0.5) is 10.1 Å². The van der Waals surface area contributed by atoms with Gasteiger partial charge in [-0.15, -0.1) is 11.8 Å². The van der Waals surface area contributed by atoms with Crippen molar-refractivity contribution < 1.29 is 9.18 Å². The minimum absolute atomic E-state index is 0.0375. The van der Waals surface area contributed by atoms with E-state index in [1.165, 1.54) is 12.1 Å². The van der Waals surface area contributed by atoms with Gasteiger partial charge in [-0.1, -0.05) is 6.07 Å². The molecule has 1 aliphatic rings. The van der Waals surface area contributed by atoms with Crippen molar-refractivity contribution in [2.45, 2.75) is 17.5 Å². The van der Waals surface area contributed by atoms with Crippen molar-refractivity contribution in [3.63, 3.8) is 0 Å². The van der Waals surface area contributed by atoms with Crippen LogP contribution in [0.3, 0.4) is 0 Å².